The zero-order chi connectivity index (χ0) is 13.9. The molecule has 19 heavy (non-hydrogen) atoms. The van der Waals surface area contributed by atoms with Crippen LogP contribution in [0, 0.1) is 0 Å². The van der Waals surface area contributed by atoms with Crippen molar-refractivity contribution in [2.24, 2.45) is 0 Å². The van der Waals surface area contributed by atoms with E-state index in [0.29, 0.717) is 11.1 Å². The number of benzene rings is 1. The number of hydrogen-bond acceptors (Lipinski definition) is 4. The van der Waals surface area contributed by atoms with Crippen molar-refractivity contribution in [3.8, 4) is 5.75 Å². The second-order valence-corrected chi connectivity index (χ2v) is 6.64. The molecular weight excluding hydrogens is 280 g/mol. The lowest BCUT2D eigenvalue weighted by molar-refractivity contribution is 0.304. The van der Waals surface area contributed by atoms with Crippen LogP contribution in [-0.4, -0.2) is 10.2 Å². The highest BCUT2D eigenvalue weighted by Gasteiger charge is 2.17. The molecule has 3 nitrogen and oxygen atoms in total. The van der Waals surface area contributed by atoms with Crippen molar-refractivity contribution >= 4 is 22.9 Å². The summed E-state index contributed by atoms with van der Waals surface area (Å²) in [5.41, 5.74) is 1.52. The van der Waals surface area contributed by atoms with Gasteiger partial charge in [0.1, 0.15) is 12.4 Å². The van der Waals surface area contributed by atoms with E-state index in [0.717, 1.165) is 17.2 Å². The van der Waals surface area contributed by atoms with Crippen molar-refractivity contribution in [2.75, 3.05) is 0 Å². The molecule has 0 unspecified atom stereocenters. The van der Waals surface area contributed by atoms with Gasteiger partial charge >= 0.3 is 0 Å². The molecule has 0 amide bonds. The van der Waals surface area contributed by atoms with Gasteiger partial charge in [-0.3, -0.25) is 0 Å². The lowest BCUT2D eigenvalue weighted by atomic mass is 9.82. The van der Waals surface area contributed by atoms with E-state index in [4.69, 9.17) is 16.3 Å². The van der Waals surface area contributed by atoms with Crippen molar-refractivity contribution in [1.82, 2.24) is 10.2 Å². The van der Waals surface area contributed by atoms with Crippen LogP contribution in [0.1, 0.15) is 37.8 Å². The third-order valence-corrected chi connectivity index (χ3v) is 4.32. The SMILES string of the molecule is CCC(C)(C)c1ccc(OCc2nnc(Cl)s2)cc1. The molecule has 5 heteroatoms. The Hall–Kier alpha value is -1.13. The molecule has 1 aromatic heterocycles. The lowest BCUT2D eigenvalue weighted by Crippen LogP contribution is -2.15. The van der Waals surface area contributed by atoms with Crippen LogP contribution in [0.3, 0.4) is 0 Å². The van der Waals surface area contributed by atoms with Crippen molar-refractivity contribution in [1.29, 1.82) is 0 Å². The molecule has 0 spiro atoms. The third-order valence-electron chi connectivity index (χ3n) is 3.32. The molecule has 102 valence electrons. The summed E-state index contributed by atoms with van der Waals surface area (Å²) in [5.74, 6) is 0.835. The average Bonchev–Trinajstić information content (AvgIpc) is 2.83. The monoisotopic (exact) mass is 296 g/mol. The van der Waals surface area contributed by atoms with Crippen LogP contribution in [0.5, 0.6) is 5.75 Å². The van der Waals surface area contributed by atoms with Gasteiger partial charge in [0.15, 0.2) is 5.01 Å². The fourth-order valence-electron chi connectivity index (χ4n) is 1.64. The summed E-state index contributed by atoms with van der Waals surface area (Å²) in [6.45, 7) is 7.09. The Labute approximate surface area is 122 Å². The number of aromatic nitrogens is 2. The predicted molar refractivity (Wildman–Crippen MR) is 79.0 cm³/mol. The molecule has 2 rings (SSSR count). The number of halogens is 1. The molecule has 0 N–H and O–H groups in total. The van der Waals surface area contributed by atoms with Crippen LogP contribution >= 0.6 is 22.9 Å². The molecule has 2 aromatic rings. The maximum absolute atomic E-state index is 5.72. The summed E-state index contributed by atoms with van der Waals surface area (Å²) in [4.78, 5) is 0. The second kappa shape index (κ2) is 5.88. The van der Waals surface area contributed by atoms with Gasteiger partial charge in [-0.25, -0.2) is 0 Å². The quantitative estimate of drug-likeness (QED) is 0.817. The minimum atomic E-state index is 0.200. The average molecular weight is 297 g/mol. The first-order chi connectivity index (χ1) is 9.01. The number of nitrogens with zero attached hydrogens (tertiary/aromatic N) is 2. The summed E-state index contributed by atoms with van der Waals surface area (Å²) < 4.78 is 6.10. The summed E-state index contributed by atoms with van der Waals surface area (Å²) in [6.07, 6.45) is 1.11. The Kier molecular flexibility index (Phi) is 4.42. The van der Waals surface area contributed by atoms with E-state index >= 15 is 0 Å². The molecule has 0 aliphatic carbocycles. The van der Waals surface area contributed by atoms with Gasteiger partial charge in [0, 0.05) is 0 Å². The van der Waals surface area contributed by atoms with Crippen molar-refractivity contribution in [2.45, 2.75) is 39.2 Å². The summed E-state index contributed by atoms with van der Waals surface area (Å²) in [5, 5.41) is 8.43. The highest BCUT2D eigenvalue weighted by molar-refractivity contribution is 7.15. The van der Waals surface area contributed by atoms with Gasteiger partial charge < -0.3 is 4.74 Å². The lowest BCUT2D eigenvalue weighted by Gasteiger charge is -2.23. The molecule has 0 bridgehead atoms. The van der Waals surface area contributed by atoms with Gasteiger partial charge in [0.25, 0.3) is 0 Å². The minimum absolute atomic E-state index is 0.200. The highest BCUT2D eigenvalue weighted by Crippen LogP contribution is 2.28. The molecule has 0 aliphatic rings. The van der Waals surface area contributed by atoms with Crippen LogP contribution in [-0.2, 0) is 12.0 Å². The fourth-order valence-corrected chi connectivity index (χ4v) is 2.42. The van der Waals surface area contributed by atoms with Crippen LogP contribution < -0.4 is 4.74 Å². The highest BCUT2D eigenvalue weighted by atomic mass is 35.5. The Bertz CT molecular complexity index is 537. The molecule has 1 heterocycles. The fraction of sp³-hybridized carbons (Fsp3) is 0.429. The first-order valence-corrected chi connectivity index (χ1v) is 7.42. The van der Waals surface area contributed by atoms with E-state index in [2.05, 4.69) is 43.1 Å². The van der Waals surface area contributed by atoms with Gasteiger partial charge in [-0.1, -0.05) is 44.2 Å². The molecule has 0 fully saturated rings. The molecule has 1 aromatic carbocycles. The van der Waals surface area contributed by atoms with Gasteiger partial charge in [0.2, 0.25) is 4.47 Å². The zero-order valence-electron chi connectivity index (χ0n) is 11.3. The standard InChI is InChI=1S/C14H17ClN2OS/c1-4-14(2,3)10-5-7-11(8-6-10)18-9-12-16-17-13(15)19-12/h5-8H,4,9H2,1-3H3. The molecule has 0 radical (unpaired) electrons. The van der Waals surface area contributed by atoms with Crippen molar-refractivity contribution in [3.63, 3.8) is 0 Å². The minimum Gasteiger partial charge on any atom is -0.486 e. The van der Waals surface area contributed by atoms with Crippen molar-refractivity contribution in [3.05, 3.63) is 39.3 Å². The normalized spacial score (nSPS) is 11.6. The van der Waals surface area contributed by atoms with Crippen LogP contribution in [0.4, 0.5) is 0 Å². The largest absolute Gasteiger partial charge is 0.486 e. The van der Waals surface area contributed by atoms with E-state index < -0.39 is 0 Å². The molecule has 0 saturated heterocycles. The van der Waals surface area contributed by atoms with Gasteiger partial charge in [-0.05, 0) is 41.1 Å². The Morgan fingerprint density at radius 1 is 1.21 bits per heavy atom. The predicted octanol–water partition coefficient (Wildman–Crippen LogP) is 4.46. The van der Waals surface area contributed by atoms with E-state index in [9.17, 15) is 0 Å². The van der Waals surface area contributed by atoms with E-state index in [1.807, 2.05) is 12.1 Å². The topological polar surface area (TPSA) is 35.0 Å². The Morgan fingerprint density at radius 2 is 1.89 bits per heavy atom. The van der Waals surface area contributed by atoms with Gasteiger partial charge in [0.05, 0.1) is 0 Å². The summed E-state index contributed by atoms with van der Waals surface area (Å²) in [7, 11) is 0. The molecule has 0 atom stereocenters. The third kappa shape index (κ3) is 3.67. The number of ether oxygens (including phenoxy) is 1. The van der Waals surface area contributed by atoms with E-state index in [1.54, 1.807) is 0 Å². The number of hydrogen-bond donors (Lipinski definition) is 0. The summed E-state index contributed by atoms with van der Waals surface area (Å²) >= 11 is 7.05. The zero-order valence-corrected chi connectivity index (χ0v) is 12.9. The van der Waals surface area contributed by atoms with Crippen molar-refractivity contribution < 1.29 is 4.74 Å². The van der Waals surface area contributed by atoms with E-state index in [-0.39, 0.29) is 5.41 Å². The van der Waals surface area contributed by atoms with Gasteiger partial charge in [-0.2, -0.15) is 0 Å². The Balaban J connectivity index is 1.99. The second-order valence-electron chi connectivity index (χ2n) is 5.00. The maximum Gasteiger partial charge on any atom is 0.207 e. The Morgan fingerprint density at radius 3 is 2.42 bits per heavy atom. The van der Waals surface area contributed by atoms with Crippen LogP contribution in [0.2, 0.25) is 4.47 Å². The van der Waals surface area contributed by atoms with Gasteiger partial charge in [-0.15, -0.1) is 10.2 Å². The summed E-state index contributed by atoms with van der Waals surface area (Å²) in [6, 6.07) is 8.22. The smallest absolute Gasteiger partial charge is 0.207 e. The molecule has 0 saturated carbocycles. The first kappa shape index (κ1) is 14.3. The van der Waals surface area contributed by atoms with E-state index in [1.165, 1.54) is 16.9 Å². The van der Waals surface area contributed by atoms with Crippen LogP contribution in [0.25, 0.3) is 0 Å². The first-order valence-electron chi connectivity index (χ1n) is 6.22. The maximum atomic E-state index is 5.72. The molecule has 0 aliphatic heterocycles. The van der Waals surface area contributed by atoms with Crippen LogP contribution in [0.15, 0.2) is 24.3 Å². The molecular formula is C14H17ClN2OS. The number of rotatable bonds is 5.